The monoisotopic (exact) mass is 363 g/mol. The quantitative estimate of drug-likeness (QED) is 0.723. The van der Waals surface area contributed by atoms with Gasteiger partial charge < -0.3 is 5.73 Å². The molecule has 5 nitrogen and oxygen atoms in total. The highest BCUT2D eigenvalue weighted by Crippen LogP contribution is 2.31. The number of nitrogens with two attached hydrogens (primary N) is 1. The number of anilines is 1. The third-order valence-electron chi connectivity index (χ3n) is 3.08. The first kappa shape index (κ1) is 14.0. The van der Waals surface area contributed by atoms with Crippen LogP contribution in [0.4, 0.5) is 5.69 Å². The molecule has 0 spiro atoms. The van der Waals surface area contributed by atoms with Crippen LogP contribution in [0.5, 0.6) is 0 Å². The Morgan fingerprint density at radius 3 is 2.76 bits per heavy atom. The van der Waals surface area contributed by atoms with Crippen LogP contribution >= 0.6 is 27.5 Å². The Bertz CT molecular complexity index is 787. The van der Waals surface area contributed by atoms with Crippen molar-refractivity contribution in [1.82, 2.24) is 20.2 Å². The zero-order valence-electron chi connectivity index (χ0n) is 10.9. The molecule has 0 radical (unpaired) electrons. The van der Waals surface area contributed by atoms with Gasteiger partial charge in [-0.25, -0.2) is 4.68 Å². The number of halogens is 2. The molecule has 0 saturated heterocycles. The second-order valence-corrected chi connectivity index (χ2v) is 5.69. The van der Waals surface area contributed by atoms with E-state index in [0.717, 1.165) is 10.0 Å². The molecular weight excluding hydrogens is 354 g/mol. The van der Waals surface area contributed by atoms with E-state index in [-0.39, 0.29) is 0 Å². The molecule has 1 aromatic heterocycles. The highest BCUT2D eigenvalue weighted by atomic mass is 79.9. The Morgan fingerprint density at radius 1 is 1.14 bits per heavy atom. The summed E-state index contributed by atoms with van der Waals surface area (Å²) in [5, 5.41) is 12.3. The van der Waals surface area contributed by atoms with E-state index in [1.165, 1.54) is 0 Å². The van der Waals surface area contributed by atoms with Crippen LogP contribution in [0.2, 0.25) is 5.02 Å². The fourth-order valence-corrected chi connectivity index (χ4v) is 2.64. The van der Waals surface area contributed by atoms with E-state index < -0.39 is 0 Å². The van der Waals surface area contributed by atoms with Gasteiger partial charge in [0.25, 0.3) is 0 Å². The number of nitrogen functional groups attached to an aromatic ring is 1. The van der Waals surface area contributed by atoms with Crippen molar-refractivity contribution in [2.75, 3.05) is 5.73 Å². The van der Waals surface area contributed by atoms with Gasteiger partial charge in [-0.05, 0) is 34.2 Å². The second-order valence-electron chi connectivity index (χ2n) is 4.46. The van der Waals surface area contributed by atoms with E-state index in [1.807, 2.05) is 36.4 Å². The van der Waals surface area contributed by atoms with Crippen LogP contribution in [0.25, 0.3) is 11.4 Å². The molecule has 0 fully saturated rings. The number of aromatic nitrogens is 4. The average molecular weight is 365 g/mol. The van der Waals surface area contributed by atoms with E-state index in [1.54, 1.807) is 10.7 Å². The molecule has 0 amide bonds. The largest absolute Gasteiger partial charge is 0.398 e. The number of rotatable bonds is 3. The molecule has 0 aliphatic heterocycles. The molecule has 3 rings (SSSR count). The van der Waals surface area contributed by atoms with Crippen LogP contribution in [0.1, 0.15) is 5.56 Å². The van der Waals surface area contributed by atoms with Crippen molar-refractivity contribution < 1.29 is 0 Å². The summed E-state index contributed by atoms with van der Waals surface area (Å²) in [6.45, 7) is 0.537. The third kappa shape index (κ3) is 2.77. The van der Waals surface area contributed by atoms with E-state index in [0.29, 0.717) is 28.6 Å². The fourth-order valence-electron chi connectivity index (χ4n) is 2.01. The zero-order chi connectivity index (χ0) is 14.8. The predicted molar refractivity (Wildman–Crippen MR) is 85.9 cm³/mol. The Kier molecular flexibility index (Phi) is 3.90. The normalized spacial score (nSPS) is 10.8. The lowest BCUT2D eigenvalue weighted by Gasteiger charge is -2.08. The molecule has 2 N–H and O–H groups in total. The minimum Gasteiger partial charge on any atom is -0.398 e. The topological polar surface area (TPSA) is 69.6 Å². The molecule has 0 bridgehead atoms. The van der Waals surface area contributed by atoms with Crippen LogP contribution in [-0.4, -0.2) is 20.2 Å². The van der Waals surface area contributed by atoms with Crippen molar-refractivity contribution in [1.29, 1.82) is 0 Å². The van der Waals surface area contributed by atoms with E-state index in [9.17, 15) is 0 Å². The molecule has 7 heteroatoms. The first-order chi connectivity index (χ1) is 10.2. The lowest BCUT2D eigenvalue weighted by atomic mass is 10.2. The summed E-state index contributed by atoms with van der Waals surface area (Å²) in [6, 6.07) is 13.3. The van der Waals surface area contributed by atoms with E-state index >= 15 is 0 Å². The maximum Gasteiger partial charge on any atom is 0.183 e. The van der Waals surface area contributed by atoms with Crippen LogP contribution in [0.15, 0.2) is 46.9 Å². The Labute approximate surface area is 134 Å². The number of benzene rings is 2. The van der Waals surface area contributed by atoms with Crippen molar-refractivity contribution >= 4 is 33.2 Å². The molecule has 106 valence electrons. The van der Waals surface area contributed by atoms with Crippen LogP contribution < -0.4 is 5.73 Å². The maximum absolute atomic E-state index is 6.25. The summed E-state index contributed by atoms with van der Waals surface area (Å²) in [4.78, 5) is 0. The van der Waals surface area contributed by atoms with Gasteiger partial charge in [-0.1, -0.05) is 51.8 Å². The number of hydrogen-bond acceptors (Lipinski definition) is 4. The molecule has 0 unspecified atom stereocenters. The van der Waals surface area contributed by atoms with Crippen LogP contribution in [-0.2, 0) is 6.54 Å². The van der Waals surface area contributed by atoms with Gasteiger partial charge in [0.2, 0.25) is 0 Å². The summed E-state index contributed by atoms with van der Waals surface area (Å²) >= 11 is 9.77. The molecule has 0 saturated carbocycles. The first-order valence-electron chi connectivity index (χ1n) is 6.21. The second kappa shape index (κ2) is 5.83. The minimum absolute atomic E-state index is 0.459. The van der Waals surface area contributed by atoms with Gasteiger partial charge >= 0.3 is 0 Å². The predicted octanol–water partition coefficient (Wildman–Crippen LogP) is 3.39. The van der Waals surface area contributed by atoms with Crippen LogP contribution in [0.3, 0.4) is 0 Å². The highest BCUT2D eigenvalue weighted by molar-refractivity contribution is 9.10. The van der Waals surface area contributed by atoms with E-state index in [4.69, 9.17) is 17.3 Å². The maximum atomic E-state index is 6.25. The van der Waals surface area contributed by atoms with Crippen molar-refractivity contribution in [3.63, 3.8) is 0 Å². The number of nitrogens with zero attached hydrogens (tertiary/aromatic N) is 4. The van der Waals surface area contributed by atoms with Gasteiger partial charge in [-0.15, -0.1) is 5.10 Å². The summed E-state index contributed by atoms with van der Waals surface area (Å²) in [5.74, 6) is 0.586. The van der Waals surface area contributed by atoms with Crippen molar-refractivity contribution in [3.05, 3.63) is 57.5 Å². The molecule has 0 aliphatic carbocycles. The lowest BCUT2D eigenvalue weighted by molar-refractivity contribution is 0.652. The molecule has 2 aromatic carbocycles. The molecule has 21 heavy (non-hydrogen) atoms. The number of tetrazole rings is 1. The van der Waals surface area contributed by atoms with Crippen molar-refractivity contribution in [2.24, 2.45) is 0 Å². The molecule has 0 aliphatic rings. The van der Waals surface area contributed by atoms with Crippen LogP contribution in [0, 0.1) is 0 Å². The smallest absolute Gasteiger partial charge is 0.183 e. The summed E-state index contributed by atoms with van der Waals surface area (Å²) in [5.41, 5.74) is 8.13. The van der Waals surface area contributed by atoms with Gasteiger partial charge in [0, 0.05) is 10.0 Å². The summed E-state index contributed by atoms with van der Waals surface area (Å²) in [6.07, 6.45) is 0. The summed E-state index contributed by atoms with van der Waals surface area (Å²) < 4.78 is 2.70. The highest BCUT2D eigenvalue weighted by Gasteiger charge is 2.14. The molecular formula is C14H11BrClN5. The lowest BCUT2D eigenvalue weighted by Crippen LogP contribution is -2.05. The standard InChI is InChI=1S/C14H11BrClN5/c15-11-6-2-1-4-9(11)8-21-14(18-19-20-21)10-5-3-7-12(17)13(10)16/h1-7H,8,17H2. The van der Waals surface area contributed by atoms with E-state index in [2.05, 4.69) is 31.5 Å². The first-order valence-corrected chi connectivity index (χ1v) is 7.38. The molecule has 0 atom stereocenters. The Morgan fingerprint density at radius 2 is 1.95 bits per heavy atom. The zero-order valence-corrected chi connectivity index (χ0v) is 13.2. The Hall–Kier alpha value is -1.92. The molecule has 3 aromatic rings. The fraction of sp³-hybridized carbons (Fsp3) is 0.0714. The van der Waals surface area contributed by atoms with Gasteiger partial charge in [0.15, 0.2) is 5.82 Å². The van der Waals surface area contributed by atoms with Gasteiger partial charge in [0.1, 0.15) is 0 Å². The van der Waals surface area contributed by atoms with Crippen molar-refractivity contribution in [3.8, 4) is 11.4 Å². The van der Waals surface area contributed by atoms with Gasteiger partial charge in [-0.3, -0.25) is 0 Å². The summed E-state index contributed by atoms with van der Waals surface area (Å²) in [7, 11) is 0. The Balaban J connectivity index is 2.02. The minimum atomic E-state index is 0.459. The van der Waals surface area contributed by atoms with Gasteiger partial charge in [-0.2, -0.15) is 0 Å². The average Bonchev–Trinajstić information content (AvgIpc) is 2.92. The van der Waals surface area contributed by atoms with Gasteiger partial charge in [0.05, 0.1) is 17.3 Å². The van der Waals surface area contributed by atoms with Crippen molar-refractivity contribution in [2.45, 2.75) is 6.54 Å². The SMILES string of the molecule is Nc1cccc(-c2nnnn2Cc2ccccc2Br)c1Cl. The number of hydrogen-bond donors (Lipinski definition) is 1. The third-order valence-corrected chi connectivity index (χ3v) is 4.27. The molecule has 1 heterocycles.